The van der Waals surface area contributed by atoms with E-state index in [0.717, 1.165) is 12.8 Å². The molecule has 15 heavy (non-hydrogen) atoms. The average molecular weight is 220 g/mol. The van der Waals surface area contributed by atoms with Gasteiger partial charge in [0.2, 0.25) is 0 Å². The van der Waals surface area contributed by atoms with Gasteiger partial charge in [0.15, 0.2) is 0 Å². The van der Waals surface area contributed by atoms with E-state index < -0.39 is 11.9 Å². The number of hydrogen-bond donors (Lipinski definition) is 2. The first-order valence-corrected chi connectivity index (χ1v) is 5.06. The van der Waals surface area contributed by atoms with Gasteiger partial charge in [0.05, 0.1) is 19.4 Å². The van der Waals surface area contributed by atoms with Gasteiger partial charge in [-0.05, 0) is 13.3 Å². The molecule has 0 atom stereocenters. The van der Waals surface area contributed by atoms with Crippen LogP contribution in [0.3, 0.4) is 0 Å². The summed E-state index contributed by atoms with van der Waals surface area (Å²) < 4.78 is 4.49. The molecule has 0 rings (SSSR count). The van der Waals surface area contributed by atoms with Gasteiger partial charge in [-0.1, -0.05) is 13.3 Å². The van der Waals surface area contributed by atoms with Crippen molar-refractivity contribution in [1.82, 2.24) is 0 Å². The SMILES string of the molecule is CCCCO.CCOC(=O)CCC(=O)O. The fourth-order valence-corrected chi connectivity index (χ4v) is 0.600. The van der Waals surface area contributed by atoms with Crippen LogP contribution in [0.4, 0.5) is 0 Å². The summed E-state index contributed by atoms with van der Waals surface area (Å²) in [6, 6.07) is 0. The first-order chi connectivity index (χ1) is 7.08. The Labute approximate surface area is 90.1 Å². The minimum Gasteiger partial charge on any atom is -0.481 e. The highest BCUT2D eigenvalue weighted by molar-refractivity contribution is 5.76. The molecular weight excluding hydrogens is 200 g/mol. The van der Waals surface area contributed by atoms with Crippen LogP contribution in [0.1, 0.15) is 39.5 Å². The van der Waals surface area contributed by atoms with Crippen LogP contribution in [0.2, 0.25) is 0 Å². The van der Waals surface area contributed by atoms with Crippen LogP contribution in [0.5, 0.6) is 0 Å². The van der Waals surface area contributed by atoms with E-state index in [-0.39, 0.29) is 12.8 Å². The summed E-state index contributed by atoms with van der Waals surface area (Å²) in [5.74, 6) is -1.43. The highest BCUT2D eigenvalue weighted by Crippen LogP contribution is 1.91. The predicted octanol–water partition coefficient (Wildman–Crippen LogP) is 1.19. The molecule has 0 aromatic heterocycles. The number of ether oxygens (including phenoxy) is 1. The normalized spacial score (nSPS) is 8.73. The molecule has 0 radical (unpaired) electrons. The van der Waals surface area contributed by atoms with Crippen LogP contribution < -0.4 is 0 Å². The molecule has 90 valence electrons. The van der Waals surface area contributed by atoms with Crippen LogP contribution in [0, 0.1) is 0 Å². The van der Waals surface area contributed by atoms with Gasteiger partial charge in [-0.2, -0.15) is 0 Å². The second kappa shape index (κ2) is 12.9. The zero-order valence-corrected chi connectivity index (χ0v) is 9.36. The van der Waals surface area contributed by atoms with Gasteiger partial charge < -0.3 is 14.9 Å². The molecule has 0 aromatic rings. The third kappa shape index (κ3) is 19.3. The van der Waals surface area contributed by atoms with E-state index in [1.54, 1.807) is 6.92 Å². The van der Waals surface area contributed by atoms with Crippen molar-refractivity contribution < 1.29 is 24.5 Å². The van der Waals surface area contributed by atoms with Gasteiger partial charge in [-0.15, -0.1) is 0 Å². The maximum absolute atomic E-state index is 10.5. The lowest BCUT2D eigenvalue weighted by molar-refractivity contribution is -0.147. The molecule has 0 saturated heterocycles. The van der Waals surface area contributed by atoms with Gasteiger partial charge in [0.1, 0.15) is 0 Å². The van der Waals surface area contributed by atoms with E-state index >= 15 is 0 Å². The van der Waals surface area contributed by atoms with E-state index in [0.29, 0.717) is 13.2 Å². The van der Waals surface area contributed by atoms with Crippen LogP contribution in [-0.4, -0.2) is 35.4 Å². The highest BCUT2D eigenvalue weighted by atomic mass is 16.5. The lowest BCUT2D eigenvalue weighted by atomic mass is 10.3. The topological polar surface area (TPSA) is 83.8 Å². The number of rotatable bonds is 6. The first kappa shape index (κ1) is 16.3. The number of hydrogen-bond acceptors (Lipinski definition) is 4. The van der Waals surface area contributed by atoms with Crippen LogP contribution in [0.15, 0.2) is 0 Å². The van der Waals surface area contributed by atoms with Crippen molar-refractivity contribution in [2.24, 2.45) is 0 Å². The van der Waals surface area contributed by atoms with Crippen molar-refractivity contribution in [2.45, 2.75) is 39.5 Å². The second-order valence-corrected chi connectivity index (χ2v) is 2.78. The molecule has 0 aromatic carbocycles. The van der Waals surface area contributed by atoms with Crippen LogP contribution >= 0.6 is 0 Å². The van der Waals surface area contributed by atoms with Gasteiger partial charge in [-0.3, -0.25) is 9.59 Å². The van der Waals surface area contributed by atoms with Crippen molar-refractivity contribution in [3.63, 3.8) is 0 Å². The summed E-state index contributed by atoms with van der Waals surface area (Å²) >= 11 is 0. The average Bonchev–Trinajstić information content (AvgIpc) is 2.17. The van der Waals surface area contributed by atoms with Crippen LogP contribution in [0.25, 0.3) is 0 Å². The number of carbonyl (C=O) groups excluding carboxylic acids is 1. The summed E-state index contributed by atoms with van der Waals surface area (Å²) in [7, 11) is 0. The molecule has 0 aliphatic heterocycles. The van der Waals surface area contributed by atoms with E-state index in [1.165, 1.54) is 0 Å². The fourth-order valence-electron chi connectivity index (χ4n) is 0.600. The molecule has 0 saturated carbocycles. The predicted molar refractivity (Wildman–Crippen MR) is 55.5 cm³/mol. The van der Waals surface area contributed by atoms with E-state index in [1.807, 2.05) is 0 Å². The first-order valence-electron chi connectivity index (χ1n) is 5.06. The molecule has 0 aliphatic rings. The quantitative estimate of drug-likeness (QED) is 0.657. The Hall–Kier alpha value is -1.10. The smallest absolute Gasteiger partial charge is 0.306 e. The van der Waals surface area contributed by atoms with Crippen LogP contribution in [-0.2, 0) is 14.3 Å². The minimum atomic E-state index is -0.979. The maximum atomic E-state index is 10.5. The molecule has 0 heterocycles. The minimum absolute atomic E-state index is 0.0385. The monoisotopic (exact) mass is 220 g/mol. The molecule has 0 spiro atoms. The highest BCUT2D eigenvalue weighted by Gasteiger charge is 2.04. The number of esters is 1. The molecule has 2 N–H and O–H groups in total. The van der Waals surface area contributed by atoms with Gasteiger partial charge >= 0.3 is 11.9 Å². The Morgan fingerprint density at radius 2 is 1.80 bits per heavy atom. The largest absolute Gasteiger partial charge is 0.481 e. The summed E-state index contributed by atoms with van der Waals surface area (Å²) in [6.07, 6.45) is 1.85. The van der Waals surface area contributed by atoms with Gasteiger partial charge in [0.25, 0.3) is 0 Å². The number of carbonyl (C=O) groups is 2. The van der Waals surface area contributed by atoms with Crippen molar-refractivity contribution in [1.29, 1.82) is 0 Å². The summed E-state index contributed by atoms with van der Waals surface area (Å²) in [5, 5.41) is 16.2. The summed E-state index contributed by atoms with van der Waals surface area (Å²) in [4.78, 5) is 20.4. The zero-order chi connectivity index (χ0) is 12.1. The van der Waals surface area contributed by atoms with E-state index in [2.05, 4.69) is 11.7 Å². The van der Waals surface area contributed by atoms with Gasteiger partial charge in [0, 0.05) is 6.61 Å². The molecule has 0 amide bonds. The Morgan fingerprint density at radius 1 is 1.20 bits per heavy atom. The number of aliphatic hydroxyl groups excluding tert-OH is 1. The van der Waals surface area contributed by atoms with E-state index in [9.17, 15) is 9.59 Å². The zero-order valence-electron chi connectivity index (χ0n) is 9.36. The van der Waals surface area contributed by atoms with Crippen molar-refractivity contribution in [2.75, 3.05) is 13.2 Å². The number of carboxylic acids is 1. The summed E-state index contributed by atoms with van der Waals surface area (Å²) in [6.45, 7) is 4.38. The second-order valence-electron chi connectivity index (χ2n) is 2.78. The maximum Gasteiger partial charge on any atom is 0.306 e. The van der Waals surface area contributed by atoms with Crippen molar-refractivity contribution in [3.8, 4) is 0 Å². The van der Waals surface area contributed by atoms with Crippen molar-refractivity contribution in [3.05, 3.63) is 0 Å². The number of aliphatic carboxylic acids is 1. The lowest BCUT2D eigenvalue weighted by Crippen LogP contribution is -2.06. The summed E-state index contributed by atoms with van der Waals surface area (Å²) in [5.41, 5.74) is 0. The molecule has 0 fully saturated rings. The van der Waals surface area contributed by atoms with E-state index in [4.69, 9.17) is 10.2 Å². The number of unbranched alkanes of at least 4 members (excludes halogenated alkanes) is 1. The molecule has 0 bridgehead atoms. The Kier molecular flexibility index (Phi) is 14.0. The molecule has 5 nitrogen and oxygen atoms in total. The molecular formula is C10H20O5. The Balaban J connectivity index is 0. The molecule has 5 heteroatoms. The molecule has 0 unspecified atom stereocenters. The third-order valence-corrected chi connectivity index (χ3v) is 1.36. The molecule has 0 aliphatic carbocycles. The Bertz CT molecular complexity index is 165. The Morgan fingerprint density at radius 3 is 2.07 bits per heavy atom. The third-order valence-electron chi connectivity index (χ3n) is 1.36. The van der Waals surface area contributed by atoms with Crippen molar-refractivity contribution >= 4 is 11.9 Å². The lowest BCUT2D eigenvalue weighted by Gasteiger charge is -1.97. The van der Waals surface area contributed by atoms with Gasteiger partial charge in [-0.25, -0.2) is 0 Å². The standard InChI is InChI=1S/C6H10O4.C4H10O/c1-2-10-6(9)4-3-5(7)8;1-2-3-4-5/h2-4H2,1H3,(H,7,8);5H,2-4H2,1H3. The fraction of sp³-hybridized carbons (Fsp3) is 0.800. The number of aliphatic hydroxyl groups is 1. The number of carboxylic acid groups (broad SMARTS) is 1.